The summed E-state index contributed by atoms with van der Waals surface area (Å²) >= 11 is 0. The zero-order chi connectivity index (χ0) is 22.4. The number of hydrogen-bond acceptors (Lipinski definition) is 6. The van der Waals surface area contributed by atoms with E-state index in [1.165, 1.54) is 19.0 Å². The van der Waals surface area contributed by atoms with Crippen molar-refractivity contribution in [3.63, 3.8) is 0 Å². The molecule has 8 heteroatoms. The number of nitrogens with one attached hydrogen (secondary N) is 1. The molecule has 0 bridgehead atoms. The van der Waals surface area contributed by atoms with Gasteiger partial charge in [0, 0.05) is 25.0 Å². The molecule has 0 saturated heterocycles. The molecule has 1 aromatic heterocycles. The Bertz CT molecular complexity index is 1110. The first-order valence-electron chi connectivity index (χ1n) is 9.58. The van der Waals surface area contributed by atoms with Crippen LogP contribution in [-0.2, 0) is 14.3 Å². The zero-order valence-corrected chi connectivity index (χ0v) is 17.5. The van der Waals surface area contributed by atoms with E-state index in [-0.39, 0.29) is 12.5 Å². The number of ether oxygens (including phenoxy) is 2. The normalized spacial score (nSPS) is 10.4. The molecule has 0 aliphatic carbocycles. The molecule has 0 radical (unpaired) electrons. The fourth-order valence-electron chi connectivity index (χ4n) is 2.95. The Hall–Kier alpha value is -3.94. The van der Waals surface area contributed by atoms with Crippen molar-refractivity contribution >= 4 is 28.7 Å². The van der Waals surface area contributed by atoms with Crippen LogP contribution in [0.4, 0.5) is 0 Å². The van der Waals surface area contributed by atoms with Crippen molar-refractivity contribution in [2.75, 3.05) is 34.4 Å². The minimum atomic E-state index is -0.643. The van der Waals surface area contributed by atoms with Crippen LogP contribution in [0.15, 0.2) is 54.6 Å². The summed E-state index contributed by atoms with van der Waals surface area (Å²) in [5.41, 5.74) is 2.34. The predicted octanol–water partition coefficient (Wildman–Crippen LogP) is 2.27. The summed E-state index contributed by atoms with van der Waals surface area (Å²) in [5, 5.41) is 3.06. The molecule has 31 heavy (non-hydrogen) atoms. The number of methoxy groups -OCH3 is 1. The van der Waals surface area contributed by atoms with Crippen LogP contribution in [0.1, 0.15) is 10.4 Å². The van der Waals surface area contributed by atoms with Gasteiger partial charge < -0.3 is 19.7 Å². The van der Waals surface area contributed by atoms with E-state index < -0.39 is 18.5 Å². The number of hydrogen-bond donors (Lipinski definition) is 1. The number of likely N-dealkylation sites (N-methyl/N-ethyl adjacent to an activating group) is 2. The summed E-state index contributed by atoms with van der Waals surface area (Å²) in [7, 11) is 4.54. The average Bonchev–Trinajstić information content (AvgIpc) is 2.81. The molecule has 2 amide bonds. The molecule has 8 nitrogen and oxygen atoms in total. The number of rotatable bonds is 7. The zero-order valence-electron chi connectivity index (χ0n) is 17.5. The lowest BCUT2D eigenvalue weighted by molar-refractivity contribution is -0.137. The number of pyridine rings is 1. The highest BCUT2D eigenvalue weighted by Crippen LogP contribution is 2.26. The maximum absolute atomic E-state index is 12.8. The lowest BCUT2D eigenvalue weighted by Crippen LogP contribution is -2.39. The van der Waals surface area contributed by atoms with E-state index in [2.05, 4.69) is 10.3 Å². The van der Waals surface area contributed by atoms with Gasteiger partial charge in [-0.15, -0.1) is 0 Å². The summed E-state index contributed by atoms with van der Waals surface area (Å²) in [6, 6.07) is 16.2. The van der Waals surface area contributed by atoms with Gasteiger partial charge in [-0.05, 0) is 36.4 Å². The summed E-state index contributed by atoms with van der Waals surface area (Å²) in [5.74, 6) is -0.726. The lowest BCUT2D eigenvalue weighted by atomic mass is 10.0. The maximum Gasteiger partial charge on any atom is 0.339 e. The Balaban J connectivity index is 1.85. The predicted molar refractivity (Wildman–Crippen MR) is 116 cm³/mol. The van der Waals surface area contributed by atoms with Gasteiger partial charge in [-0.2, -0.15) is 0 Å². The third-order valence-electron chi connectivity index (χ3n) is 4.73. The standard InChI is InChI=1S/C23H23N3O5/c1-24-21(27)13-26(2)22(28)14-31-23(29)18-12-20(15-8-10-16(30-3)11-9-15)25-19-7-5-4-6-17(18)19/h4-12H,13-14H2,1-3H3,(H,24,27). The van der Waals surface area contributed by atoms with Crippen molar-refractivity contribution in [2.45, 2.75) is 0 Å². The molecule has 1 N–H and O–H groups in total. The highest BCUT2D eigenvalue weighted by Gasteiger charge is 2.18. The molecule has 0 saturated carbocycles. The third-order valence-corrected chi connectivity index (χ3v) is 4.73. The molecule has 0 aliphatic rings. The molecule has 2 aromatic carbocycles. The molecule has 0 aliphatic heterocycles. The summed E-state index contributed by atoms with van der Waals surface area (Å²) in [4.78, 5) is 42.3. The van der Waals surface area contributed by atoms with E-state index in [0.717, 1.165) is 5.56 Å². The van der Waals surface area contributed by atoms with Crippen molar-refractivity contribution < 1.29 is 23.9 Å². The van der Waals surface area contributed by atoms with Gasteiger partial charge in [0.25, 0.3) is 5.91 Å². The minimum absolute atomic E-state index is 0.118. The van der Waals surface area contributed by atoms with E-state index in [1.807, 2.05) is 30.3 Å². The van der Waals surface area contributed by atoms with Gasteiger partial charge in [0.1, 0.15) is 5.75 Å². The van der Waals surface area contributed by atoms with Crippen LogP contribution < -0.4 is 10.1 Å². The van der Waals surface area contributed by atoms with Gasteiger partial charge in [0.05, 0.1) is 30.4 Å². The average molecular weight is 421 g/mol. The van der Waals surface area contributed by atoms with Crippen LogP contribution in [0.25, 0.3) is 22.2 Å². The van der Waals surface area contributed by atoms with Crippen molar-refractivity contribution in [1.29, 1.82) is 0 Å². The monoisotopic (exact) mass is 421 g/mol. The van der Waals surface area contributed by atoms with Crippen molar-refractivity contribution in [3.05, 3.63) is 60.2 Å². The highest BCUT2D eigenvalue weighted by atomic mass is 16.5. The minimum Gasteiger partial charge on any atom is -0.497 e. The molecule has 160 valence electrons. The van der Waals surface area contributed by atoms with Gasteiger partial charge in [-0.3, -0.25) is 9.59 Å². The van der Waals surface area contributed by atoms with Crippen molar-refractivity contribution in [2.24, 2.45) is 0 Å². The van der Waals surface area contributed by atoms with E-state index in [0.29, 0.717) is 27.9 Å². The van der Waals surface area contributed by atoms with Gasteiger partial charge in [-0.25, -0.2) is 9.78 Å². The van der Waals surface area contributed by atoms with Crippen molar-refractivity contribution in [1.82, 2.24) is 15.2 Å². The van der Waals surface area contributed by atoms with Gasteiger partial charge in [0.15, 0.2) is 6.61 Å². The van der Waals surface area contributed by atoms with Crippen LogP contribution in [0.3, 0.4) is 0 Å². The number of fused-ring (bicyclic) bond motifs is 1. The fourth-order valence-corrected chi connectivity index (χ4v) is 2.95. The Morgan fingerprint density at radius 1 is 1.06 bits per heavy atom. The second kappa shape index (κ2) is 9.71. The second-order valence-corrected chi connectivity index (χ2v) is 6.80. The molecule has 0 spiro atoms. The SMILES string of the molecule is CNC(=O)CN(C)C(=O)COC(=O)c1cc(-c2ccc(OC)cc2)nc2ccccc12. The number of amides is 2. The van der Waals surface area contributed by atoms with Crippen LogP contribution in [-0.4, -0.2) is 62.0 Å². The Morgan fingerprint density at radius 2 is 1.77 bits per heavy atom. The second-order valence-electron chi connectivity index (χ2n) is 6.80. The Labute approximate surface area is 179 Å². The molecule has 0 fully saturated rings. The van der Waals surface area contributed by atoms with Crippen LogP contribution in [0.5, 0.6) is 5.75 Å². The fraction of sp³-hybridized carbons (Fsp3) is 0.217. The van der Waals surface area contributed by atoms with E-state index in [1.54, 1.807) is 31.4 Å². The first-order valence-corrected chi connectivity index (χ1v) is 9.58. The molecular formula is C23H23N3O5. The number of aromatic nitrogens is 1. The Kier molecular flexibility index (Phi) is 6.81. The highest BCUT2D eigenvalue weighted by molar-refractivity contribution is 6.05. The topological polar surface area (TPSA) is 97.8 Å². The van der Waals surface area contributed by atoms with Crippen LogP contribution >= 0.6 is 0 Å². The maximum atomic E-state index is 12.8. The van der Waals surface area contributed by atoms with E-state index in [9.17, 15) is 14.4 Å². The van der Waals surface area contributed by atoms with Gasteiger partial charge in [0.2, 0.25) is 5.91 Å². The largest absolute Gasteiger partial charge is 0.497 e. The molecule has 0 unspecified atom stereocenters. The molecule has 3 aromatic rings. The summed E-state index contributed by atoms with van der Waals surface area (Å²) in [6.07, 6.45) is 0. The number of carbonyl (C=O) groups excluding carboxylic acids is 3. The van der Waals surface area contributed by atoms with Crippen LogP contribution in [0, 0.1) is 0 Å². The molecular weight excluding hydrogens is 398 g/mol. The molecule has 3 rings (SSSR count). The first kappa shape index (κ1) is 21.8. The lowest BCUT2D eigenvalue weighted by Gasteiger charge is -2.16. The number of carbonyl (C=O) groups is 3. The van der Waals surface area contributed by atoms with Gasteiger partial charge in [-0.1, -0.05) is 18.2 Å². The van der Waals surface area contributed by atoms with Gasteiger partial charge >= 0.3 is 5.97 Å². The number of esters is 1. The number of para-hydroxylation sites is 1. The number of benzene rings is 2. The number of nitrogens with zero attached hydrogens (tertiary/aromatic N) is 2. The molecule has 1 heterocycles. The molecule has 0 atom stereocenters. The first-order chi connectivity index (χ1) is 14.9. The third kappa shape index (κ3) is 5.16. The Morgan fingerprint density at radius 3 is 2.45 bits per heavy atom. The van der Waals surface area contributed by atoms with E-state index in [4.69, 9.17) is 9.47 Å². The van der Waals surface area contributed by atoms with Crippen LogP contribution in [0.2, 0.25) is 0 Å². The summed E-state index contributed by atoms with van der Waals surface area (Å²) < 4.78 is 10.4. The van der Waals surface area contributed by atoms with Crippen molar-refractivity contribution in [3.8, 4) is 17.0 Å². The quantitative estimate of drug-likeness (QED) is 0.588. The smallest absolute Gasteiger partial charge is 0.339 e. The summed E-state index contributed by atoms with van der Waals surface area (Å²) in [6.45, 7) is -0.590. The van der Waals surface area contributed by atoms with E-state index >= 15 is 0 Å².